The summed E-state index contributed by atoms with van der Waals surface area (Å²) >= 11 is 13.8. The Hall–Kier alpha value is -1.93. The molecule has 2 aromatic heterocycles. The number of hydrogen-bond donors (Lipinski definition) is 0. The molecule has 0 saturated carbocycles. The molecule has 1 aliphatic heterocycles. The molecule has 3 heterocycles. The van der Waals surface area contributed by atoms with Crippen molar-refractivity contribution in [2.24, 2.45) is 0 Å². The van der Waals surface area contributed by atoms with Gasteiger partial charge in [0.15, 0.2) is 5.13 Å². The van der Waals surface area contributed by atoms with E-state index >= 15 is 0 Å². The minimum atomic E-state index is 0.00570. The summed E-state index contributed by atoms with van der Waals surface area (Å²) in [6, 6.07) is 7.34. The van der Waals surface area contributed by atoms with Crippen LogP contribution < -0.4 is 4.90 Å². The molecular formula is C22H24Cl2N4O2S. The first-order valence-electron chi connectivity index (χ1n) is 10.2. The monoisotopic (exact) mass is 478 g/mol. The van der Waals surface area contributed by atoms with Gasteiger partial charge in [-0.1, -0.05) is 23.2 Å². The van der Waals surface area contributed by atoms with Crippen LogP contribution in [0.1, 0.15) is 30.7 Å². The zero-order valence-corrected chi connectivity index (χ0v) is 19.8. The van der Waals surface area contributed by atoms with Gasteiger partial charge in [0.25, 0.3) is 0 Å². The Morgan fingerprint density at radius 3 is 2.84 bits per heavy atom. The summed E-state index contributed by atoms with van der Waals surface area (Å²) in [7, 11) is 0. The van der Waals surface area contributed by atoms with Crippen LogP contribution in [0.25, 0.3) is 11.3 Å². The van der Waals surface area contributed by atoms with Crippen molar-refractivity contribution in [1.82, 2.24) is 14.8 Å². The van der Waals surface area contributed by atoms with E-state index in [9.17, 15) is 4.79 Å². The number of carbonyl (C=O) groups excluding carboxylic acids is 1. The van der Waals surface area contributed by atoms with Crippen molar-refractivity contribution in [2.75, 3.05) is 18.1 Å². The Morgan fingerprint density at radius 2 is 2.16 bits per heavy atom. The van der Waals surface area contributed by atoms with Crippen molar-refractivity contribution in [2.45, 2.75) is 45.8 Å². The van der Waals surface area contributed by atoms with E-state index in [1.807, 2.05) is 36.0 Å². The van der Waals surface area contributed by atoms with Crippen molar-refractivity contribution in [3.63, 3.8) is 0 Å². The number of halogens is 2. The van der Waals surface area contributed by atoms with Gasteiger partial charge in [0, 0.05) is 41.2 Å². The molecule has 1 saturated heterocycles. The molecule has 0 radical (unpaired) electrons. The third kappa shape index (κ3) is 5.29. The van der Waals surface area contributed by atoms with Crippen LogP contribution in [0, 0.1) is 13.8 Å². The smallest absolute Gasteiger partial charge is 0.230 e. The van der Waals surface area contributed by atoms with Crippen LogP contribution in [0.5, 0.6) is 0 Å². The molecule has 0 bridgehead atoms. The molecule has 1 fully saturated rings. The molecule has 1 atom stereocenters. The molecule has 4 rings (SSSR count). The highest BCUT2D eigenvalue weighted by atomic mass is 35.5. The SMILES string of the molecule is Cc1cc(C)n(CCC(=O)N(CC2CCCO2)c2nc(-c3ccc(Cl)cc3Cl)cs2)n1. The lowest BCUT2D eigenvalue weighted by Crippen LogP contribution is -2.38. The second kappa shape index (κ2) is 9.69. The van der Waals surface area contributed by atoms with Crippen LogP contribution in [0.15, 0.2) is 29.6 Å². The third-order valence-electron chi connectivity index (χ3n) is 5.28. The second-order valence-corrected chi connectivity index (χ2v) is 9.36. The first kappa shape index (κ1) is 22.3. The molecule has 9 heteroatoms. The molecule has 1 amide bonds. The van der Waals surface area contributed by atoms with E-state index in [-0.39, 0.29) is 12.0 Å². The van der Waals surface area contributed by atoms with Gasteiger partial charge in [-0.05, 0) is 51.0 Å². The number of aromatic nitrogens is 3. The summed E-state index contributed by atoms with van der Waals surface area (Å²) in [5, 5.41) is 8.13. The Bertz CT molecular complexity index is 1080. The van der Waals surface area contributed by atoms with Gasteiger partial charge in [-0.2, -0.15) is 5.10 Å². The van der Waals surface area contributed by atoms with E-state index in [1.54, 1.807) is 17.0 Å². The third-order valence-corrected chi connectivity index (χ3v) is 6.69. The number of ether oxygens (including phenoxy) is 1. The van der Waals surface area contributed by atoms with E-state index in [0.29, 0.717) is 34.7 Å². The maximum Gasteiger partial charge on any atom is 0.230 e. The number of thiazole rings is 1. The van der Waals surface area contributed by atoms with Crippen LogP contribution in [0.4, 0.5) is 5.13 Å². The molecule has 0 spiro atoms. The standard InChI is InChI=1S/C22H24Cl2N4O2S/c1-14-10-15(2)28(26-14)8-7-21(29)27(12-17-4-3-9-30-17)22-25-20(13-31-22)18-6-5-16(23)11-19(18)24/h5-6,10-11,13,17H,3-4,7-9,12H2,1-2H3. The Labute approximate surface area is 195 Å². The molecular weight excluding hydrogens is 455 g/mol. The van der Waals surface area contributed by atoms with Crippen LogP contribution in [-0.2, 0) is 16.1 Å². The average Bonchev–Trinajstić information content (AvgIpc) is 3.46. The van der Waals surface area contributed by atoms with Gasteiger partial charge < -0.3 is 4.74 Å². The fourth-order valence-electron chi connectivity index (χ4n) is 3.73. The van der Waals surface area contributed by atoms with Crippen molar-refractivity contribution >= 4 is 45.6 Å². The zero-order valence-electron chi connectivity index (χ0n) is 17.5. The number of amides is 1. The summed E-state index contributed by atoms with van der Waals surface area (Å²) in [6.07, 6.45) is 2.33. The molecule has 164 valence electrons. The van der Waals surface area contributed by atoms with E-state index in [2.05, 4.69) is 5.10 Å². The Balaban J connectivity index is 1.55. The van der Waals surface area contributed by atoms with Crippen LogP contribution in [0.3, 0.4) is 0 Å². The highest BCUT2D eigenvalue weighted by Gasteiger charge is 2.26. The maximum atomic E-state index is 13.2. The summed E-state index contributed by atoms with van der Waals surface area (Å²) in [5.74, 6) is 0.00570. The van der Waals surface area contributed by atoms with E-state index < -0.39 is 0 Å². The highest BCUT2D eigenvalue weighted by Crippen LogP contribution is 2.34. The number of aryl methyl sites for hydroxylation is 3. The number of anilines is 1. The van der Waals surface area contributed by atoms with Crippen molar-refractivity contribution < 1.29 is 9.53 Å². The molecule has 31 heavy (non-hydrogen) atoms. The van der Waals surface area contributed by atoms with E-state index in [4.69, 9.17) is 32.9 Å². The lowest BCUT2D eigenvalue weighted by molar-refractivity contribution is -0.119. The van der Waals surface area contributed by atoms with Gasteiger partial charge in [-0.3, -0.25) is 14.4 Å². The van der Waals surface area contributed by atoms with Crippen molar-refractivity contribution in [3.05, 3.63) is 51.1 Å². The molecule has 0 N–H and O–H groups in total. The Morgan fingerprint density at radius 1 is 1.32 bits per heavy atom. The number of hydrogen-bond acceptors (Lipinski definition) is 5. The topological polar surface area (TPSA) is 60.2 Å². The predicted octanol–water partition coefficient (Wildman–Crippen LogP) is 5.53. The minimum Gasteiger partial charge on any atom is -0.376 e. The zero-order chi connectivity index (χ0) is 22.0. The first-order chi connectivity index (χ1) is 14.9. The quantitative estimate of drug-likeness (QED) is 0.447. The van der Waals surface area contributed by atoms with Gasteiger partial charge in [-0.25, -0.2) is 4.98 Å². The van der Waals surface area contributed by atoms with Gasteiger partial charge in [0.1, 0.15) is 0 Å². The number of carbonyl (C=O) groups is 1. The largest absolute Gasteiger partial charge is 0.376 e. The summed E-state index contributed by atoms with van der Waals surface area (Å²) in [4.78, 5) is 19.7. The lowest BCUT2D eigenvalue weighted by Gasteiger charge is -2.23. The molecule has 1 unspecified atom stereocenters. The van der Waals surface area contributed by atoms with Gasteiger partial charge in [0.2, 0.25) is 5.91 Å². The van der Waals surface area contributed by atoms with Gasteiger partial charge >= 0.3 is 0 Å². The second-order valence-electron chi connectivity index (χ2n) is 7.68. The lowest BCUT2D eigenvalue weighted by atomic mass is 10.2. The average molecular weight is 479 g/mol. The highest BCUT2D eigenvalue weighted by molar-refractivity contribution is 7.14. The summed E-state index contributed by atoms with van der Waals surface area (Å²) in [5.41, 5.74) is 3.52. The summed E-state index contributed by atoms with van der Waals surface area (Å²) in [6.45, 7) is 5.71. The van der Waals surface area contributed by atoms with Gasteiger partial charge in [0.05, 0.1) is 29.1 Å². The van der Waals surface area contributed by atoms with E-state index in [0.717, 1.165) is 42.1 Å². The van der Waals surface area contributed by atoms with Crippen molar-refractivity contribution in [3.8, 4) is 11.3 Å². The number of rotatable bonds is 7. The van der Waals surface area contributed by atoms with Gasteiger partial charge in [-0.15, -0.1) is 11.3 Å². The van der Waals surface area contributed by atoms with Crippen LogP contribution in [-0.4, -0.2) is 39.9 Å². The molecule has 1 aromatic carbocycles. The summed E-state index contributed by atoms with van der Waals surface area (Å²) < 4.78 is 7.67. The number of nitrogens with zero attached hydrogens (tertiary/aromatic N) is 4. The van der Waals surface area contributed by atoms with Crippen LogP contribution in [0.2, 0.25) is 10.0 Å². The van der Waals surface area contributed by atoms with Crippen molar-refractivity contribution in [1.29, 1.82) is 0 Å². The Kier molecular flexibility index (Phi) is 6.96. The molecule has 1 aliphatic rings. The fourth-order valence-corrected chi connectivity index (χ4v) is 5.08. The predicted molar refractivity (Wildman–Crippen MR) is 125 cm³/mol. The molecule has 6 nitrogen and oxygen atoms in total. The minimum absolute atomic E-state index is 0.00570. The molecule has 0 aliphatic carbocycles. The number of benzene rings is 1. The first-order valence-corrected chi connectivity index (χ1v) is 11.9. The normalized spacial score (nSPS) is 16.1. The fraction of sp³-hybridized carbons (Fsp3) is 0.409. The molecule has 3 aromatic rings. The van der Waals surface area contributed by atoms with E-state index in [1.165, 1.54) is 11.3 Å². The van der Waals surface area contributed by atoms with Crippen LogP contribution >= 0.6 is 34.5 Å². The maximum absolute atomic E-state index is 13.2.